The van der Waals surface area contributed by atoms with E-state index in [9.17, 15) is 24.4 Å². The van der Waals surface area contributed by atoms with Crippen LogP contribution in [0.2, 0.25) is 5.15 Å². The van der Waals surface area contributed by atoms with Gasteiger partial charge in [0.2, 0.25) is 0 Å². The van der Waals surface area contributed by atoms with Crippen molar-refractivity contribution in [1.82, 2.24) is 15.1 Å². The number of amides is 1. The Morgan fingerprint density at radius 3 is 2.64 bits per heavy atom. The molecule has 3 rings (SSSR count). The van der Waals surface area contributed by atoms with Crippen LogP contribution in [0.5, 0.6) is 5.75 Å². The third-order valence-corrected chi connectivity index (χ3v) is 4.36. The second-order valence-electron chi connectivity index (χ2n) is 5.89. The fourth-order valence-electron chi connectivity index (χ4n) is 2.60. The van der Waals surface area contributed by atoms with Crippen LogP contribution in [-0.4, -0.2) is 25.7 Å². The summed E-state index contributed by atoms with van der Waals surface area (Å²) in [5, 5.41) is 27.5. The molecule has 1 aromatic heterocycles. The zero-order chi connectivity index (χ0) is 20.4. The number of nitro benzene ring substituents is 1. The van der Waals surface area contributed by atoms with Gasteiger partial charge in [0.05, 0.1) is 21.9 Å². The van der Waals surface area contributed by atoms with Crippen molar-refractivity contribution >= 4 is 23.2 Å². The summed E-state index contributed by atoms with van der Waals surface area (Å²) in [5.74, 6) is -1.17. The number of nitro groups is 1. The van der Waals surface area contributed by atoms with Crippen LogP contribution >= 0.6 is 11.6 Å². The van der Waals surface area contributed by atoms with Gasteiger partial charge in [0.1, 0.15) is 16.7 Å². The van der Waals surface area contributed by atoms with Gasteiger partial charge in [-0.05, 0) is 37.3 Å². The molecule has 0 unspecified atom stereocenters. The second-order valence-corrected chi connectivity index (χ2v) is 6.25. The summed E-state index contributed by atoms with van der Waals surface area (Å²) in [6, 6.07) is 8.94. The summed E-state index contributed by atoms with van der Waals surface area (Å²) in [7, 11) is 0. The molecule has 2 aromatic carbocycles. The Balaban J connectivity index is 1.83. The molecule has 0 aliphatic carbocycles. The van der Waals surface area contributed by atoms with Gasteiger partial charge >= 0.3 is 0 Å². The average Bonchev–Trinajstić information content (AvgIpc) is 2.95. The molecule has 28 heavy (non-hydrogen) atoms. The van der Waals surface area contributed by atoms with Crippen molar-refractivity contribution < 1.29 is 19.2 Å². The number of phenols is 1. The maximum Gasteiger partial charge on any atom is 0.270 e. The fraction of sp³-hybridized carbons (Fsp3) is 0.111. The highest BCUT2D eigenvalue weighted by Crippen LogP contribution is 2.25. The third kappa shape index (κ3) is 3.79. The van der Waals surface area contributed by atoms with Crippen LogP contribution in [-0.2, 0) is 6.54 Å². The van der Waals surface area contributed by atoms with Gasteiger partial charge in [-0.1, -0.05) is 11.6 Å². The summed E-state index contributed by atoms with van der Waals surface area (Å²) in [5.41, 5.74) is 0.901. The topological polar surface area (TPSA) is 110 Å². The first-order chi connectivity index (χ1) is 13.3. The molecule has 3 aromatic rings. The lowest BCUT2D eigenvalue weighted by Crippen LogP contribution is -2.23. The molecule has 1 heterocycles. The molecule has 8 nitrogen and oxygen atoms in total. The van der Waals surface area contributed by atoms with E-state index >= 15 is 0 Å². The Hall–Kier alpha value is -3.46. The number of aryl methyl sites for hydroxylation is 1. The Kier molecular flexibility index (Phi) is 5.27. The number of aromatic hydroxyl groups is 1. The Morgan fingerprint density at radius 2 is 2.00 bits per heavy atom. The summed E-state index contributed by atoms with van der Waals surface area (Å²) in [6.07, 6.45) is 0. The highest BCUT2D eigenvalue weighted by atomic mass is 35.5. The van der Waals surface area contributed by atoms with Crippen molar-refractivity contribution in [2.75, 3.05) is 0 Å². The van der Waals surface area contributed by atoms with Gasteiger partial charge in [0.15, 0.2) is 0 Å². The molecule has 0 atom stereocenters. The van der Waals surface area contributed by atoms with Crippen LogP contribution in [0.15, 0.2) is 42.5 Å². The molecule has 0 spiro atoms. The molecule has 0 fully saturated rings. The first-order valence-corrected chi connectivity index (χ1v) is 8.41. The molecule has 0 aliphatic rings. The lowest BCUT2D eigenvalue weighted by atomic mass is 10.1. The molecule has 144 valence electrons. The minimum atomic E-state index is -0.599. The summed E-state index contributed by atoms with van der Waals surface area (Å²) < 4.78 is 14.4. The van der Waals surface area contributed by atoms with Crippen LogP contribution in [0.4, 0.5) is 10.1 Å². The number of benzene rings is 2. The number of carbonyl (C=O) groups excluding carboxylic acids is 1. The standard InChI is InChI=1S/C18H14ClFN4O4/c1-10-16(17(19)23(22-10)13-4-2-12(20)3-5-13)18(26)21-9-11-8-14(24(27)28)6-7-15(11)25/h2-8,25H,9H2,1H3,(H,21,26). The lowest BCUT2D eigenvalue weighted by molar-refractivity contribution is -0.384. The highest BCUT2D eigenvalue weighted by molar-refractivity contribution is 6.33. The summed E-state index contributed by atoms with van der Waals surface area (Å²) >= 11 is 6.29. The fourth-order valence-corrected chi connectivity index (χ4v) is 2.96. The molecule has 0 saturated heterocycles. The van der Waals surface area contributed by atoms with Crippen LogP contribution in [0, 0.1) is 22.9 Å². The number of hydrogen-bond donors (Lipinski definition) is 2. The first kappa shape index (κ1) is 19.3. The van der Waals surface area contributed by atoms with Gasteiger partial charge in [-0.3, -0.25) is 14.9 Å². The zero-order valence-electron chi connectivity index (χ0n) is 14.5. The van der Waals surface area contributed by atoms with E-state index in [0.717, 1.165) is 6.07 Å². The van der Waals surface area contributed by atoms with Crippen molar-refractivity contribution in [2.45, 2.75) is 13.5 Å². The third-order valence-electron chi connectivity index (χ3n) is 4.02. The highest BCUT2D eigenvalue weighted by Gasteiger charge is 2.21. The van der Waals surface area contributed by atoms with E-state index in [-0.39, 0.29) is 34.3 Å². The number of phenolic OH excluding ortho intramolecular Hbond substituents is 1. The number of nitrogens with one attached hydrogen (secondary N) is 1. The Bertz CT molecular complexity index is 1070. The first-order valence-electron chi connectivity index (χ1n) is 8.03. The van der Waals surface area contributed by atoms with E-state index in [2.05, 4.69) is 10.4 Å². The molecule has 0 saturated carbocycles. The summed E-state index contributed by atoms with van der Waals surface area (Å²) in [4.78, 5) is 22.8. The molecular formula is C18H14ClFN4O4. The Morgan fingerprint density at radius 1 is 1.32 bits per heavy atom. The van der Waals surface area contributed by atoms with Crippen LogP contribution in [0.25, 0.3) is 5.69 Å². The van der Waals surface area contributed by atoms with Gasteiger partial charge in [-0.2, -0.15) is 5.10 Å². The molecule has 0 radical (unpaired) electrons. The molecule has 2 N–H and O–H groups in total. The maximum atomic E-state index is 13.1. The van der Waals surface area contributed by atoms with Crippen LogP contribution < -0.4 is 5.32 Å². The van der Waals surface area contributed by atoms with Crippen molar-refractivity contribution in [3.63, 3.8) is 0 Å². The van der Waals surface area contributed by atoms with Crippen molar-refractivity contribution in [3.8, 4) is 11.4 Å². The van der Waals surface area contributed by atoms with E-state index in [4.69, 9.17) is 11.6 Å². The largest absolute Gasteiger partial charge is 0.508 e. The van der Waals surface area contributed by atoms with E-state index in [1.54, 1.807) is 6.92 Å². The number of halogens is 2. The molecule has 0 bridgehead atoms. The zero-order valence-corrected chi connectivity index (χ0v) is 15.3. The smallest absolute Gasteiger partial charge is 0.270 e. The number of aromatic nitrogens is 2. The van der Waals surface area contributed by atoms with E-state index < -0.39 is 16.6 Å². The predicted octanol–water partition coefficient (Wildman–Crippen LogP) is 3.52. The number of rotatable bonds is 5. The van der Waals surface area contributed by atoms with Crippen molar-refractivity contribution in [1.29, 1.82) is 0 Å². The SMILES string of the molecule is Cc1nn(-c2ccc(F)cc2)c(Cl)c1C(=O)NCc1cc([N+](=O)[O-])ccc1O. The van der Waals surface area contributed by atoms with Crippen LogP contribution in [0.3, 0.4) is 0 Å². The number of hydrogen-bond acceptors (Lipinski definition) is 5. The van der Waals surface area contributed by atoms with Gasteiger partial charge in [-0.15, -0.1) is 0 Å². The van der Waals surface area contributed by atoms with Crippen molar-refractivity contribution in [2.24, 2.45) is 0 Å². The maximum absolute atomic E-state index is 13.1. The molecule has 0 aliphatic heterocycles. The lowest BCUT2D eigenvalue weighted by Gasteiger charge is -2.07. The number of carbonyl (C=O) groups is 1. The summed E-state index contributed by atoms with van der Waals surface area (Å²) in [6.45, 7) is 1.44. The Labute approximate surface area is 163 Å². The van der Waals surface area contributed by atoms with Gasteiger partial charge in [0.25, 0.3) is 11.6 Å². The molecule has 1 amide bonds. The normalized spacial score (nSPS) is 10.7. The minimum Gasteiger partial charge on any atom is -0.508 e. The van der Waals surface area contributed by atoms with Crippen LogP contribution in [0.1, 0.15) is 21.6 Å². The van der Waals surface area contributed by atoms with E-state index in [1.165, 1.54) is 41.1 Å². The van der Waals surface area contributed by atoms with E-state index in [0.29, 0.717) is 11.4 Å². The predicted molar refractivity (Wildman–Crippen MR) is 99.2 cm³/mol. The van der Waals surface area contributed by atoms with Crippen molar-refractivity contribution in [3.05, 3.63) is 80.4 Å². The average molecular weight is 405 g/mol. The number of nitrogens with zero attached hydrogens (tertiary/aromatic N) is 3. The quantitative estimate of drug-likeness (QED) is 0.499. The van der Waals surface area contributed by atoms with E-state index in [1.807, 2.05) is 0 Å². The van der Waals surface area contributed by atoms with Gasteiger partial charge < -0.3 is 10.4 Å². The molecular weight excluding hydrogens is 391 g/mol. The van der Waals surface area contributed by atoms with Gasteiger partial charge in [-0.25, -0.2) is 9.07 Å². The monoisotopic (exact) mass is 404 g/mol. The minimum absolute atomic E-state index is 0.0323. The molecule has 10 heteroatoms. The second kappa shape index (κ2) is 7.65. The van der Waals surface area contributed by atoms with Gasteiger partial charge in [0, 0.05) is 24.2 Å². The number of non-ortho nitro benzene ring substituents is 1.